The number of hydrogen-bond acceptors (Lipinski definition) is 2. The maximum Gasteiger partial charge on any atom is 0.119 e. The average Bonchev–Trinajstić information content (AvgIpc) is 2.32. The van der Waals surface area contributed by atoms with E-state index in [9.17, 15) is 0 Å². The van der Waals surface area contributed by atoms with E-state index in [1.165, 1.54) is 12.0 Å². The van der Waals surface area contributed by atoms with Crippen molar-refractivity contribution in [3.63, 3.8) is 0 Å². The quantitative estimate of drug-likeness (QED) is 0.745. The van der Waals surface area contributed by atoms with Crippen molar-refractivity contribution >= 4 is 0 Å². The summed E-state index contributed by atoms with van der Waals surface area (Å²) in [5, 5.41) is 3.42. The molecule has 0 aliphatic heterocycles. The highest BCUT2D eigenvalue weighted by atomic mass is 16.5. The second-order valence-electron chi connectivity index (χ2n) is 5.91. The Morgan fingerprint density at radius 3 is 2.61 bits per heavy atom. The molecule has 0 unspecified atom stereocenters. The van der Waals surface area contributed by atoms with Crippen molar-refractivity contribution in [2.24, 2.45) is 5.41 Å². The van der Waals surface area contributed by atoms with Crippen LogP contribution in [0.15, 0.2) is 24.3 Å². The molecule has 18 heavy (non-hydrogen) atoms. The summed E-state index contributed by atoms with van der Waals surface area (Å²) in [6, 6.07) is 8.33. The molecule has 0 radical (unpaired) electrons. The Labute approximate surface area is 112 Å². The van der Waals surface area contributed by atoms with Crippen LogP contribution in [-0.2, 0) is 6.42 Å². The summed E-state index contributed by atoms with van der Waals surface area (Å²) in [6.07, 6.45) is 2.25. The molecular formula is C16H27NO. The fourth-order valence-electron chi connectivity index (χ4n) is 1.68. The molecule has 1 aromatic carbocycles. The smallest absolute Gasteiger partial charge is 0.119 e. The lowest BCUT2D eigenvalue weighted by molar-refractivity contribution is 0.304. The van der Waals surface area contributed by atoms with Gasteiger partial charge in [0.15, 0.2) is 0 Å². The Kier molecular flexibility index (Phi) is 6.20. The van der Waals surface area contributed by atoms with Crippen LogP contribution in [0.3, 0.4) is 0 Å². The van der Waals surface area contributed by atoms with Crippen LogP contribution in [0, 0.1) is 5.41 Å². The minimum atomic E-state index is 0.406. The molecule has 0 saturated heterocycles. The largest absolute Gasteiger partial charge is 0.492 e. The standard InChI is InChI=1S/C16H27NO/c1-5-14-7-6-8-15(13-14)18-12-11-17-10-9-16(2,3)4/h6-8,13,17H,5,9-12H2,1-4H3. The van der Waals surface area contributed by atoms with Crippen LogP contribution in [0.4, 0.5) is 0 Å². The molecule has 0 bridgehead atoms. The highest BCUT2D eigenvalue weighted by Gasteiger charge is 2.08. The van der Waals surface area contributed by atoms with Crippen LogP contribution in [-0.4, -0.2) is 19.7 Å². The summed E-state index contributed by atoms with van der Waals surface area (Å²) in [5.74, 6) is 0.979. The van der Waals surface area contributed by atoms with Crippen molar-refractivity contribution in [1.29, 1.82) is 0 Å². The Morgan fingerprint density at radius 1 is 1.17 bits per heavy atom. The molecule has 0 aliphatic carbocycles. The van der Waals surface area contributed by atoms with E-state index < -0.39 is 0 Å². The lowest BCUT2D eigenvalue weighted by atomic mass is 9.92. The minimum absolute atomic E-state index is 0.406. The molecule has 0 saturated carbocycles. The molecule has 0 aliphatic rings. The van der Waals surface area contributed by atoms with Crippen LogP contribution in [0.2, 0.25) is 0 Å². The van der Waals surface area contributed by atoms with E-state index in [1.54, 1.807) is 0 Å². The van der Waals surface area contributed by atoms with E-state index in [1.807, 2.05) is 6.07 Å². The van der Waals surface area contributed by atoms with Gasteiger partial charge in [-0.3, -0.25) is 0 Å². The van der Waals surface area contributed by atoms with Crippen molar-refractivity contribution in [1.82, 2.24) is 5.32 Å². The van der Waals surface area contributed by atoms with Gasteiger partial charge in [0, 0.05) is 6.54 Å². The molecule has 1 rings (SSSR count). The number of rotatable bonds is 7. The summed E-state index contributed by atoms with van der Waals surface area (Å²) < 4.78 is 5.72. The van der Waals surface area contributed by atoms with E-state index in [-0.39, 0.29) is 0 Å². The first-order valence-electron chi connectivity index (χ1n) is 6.94. The van der Waals surface area contributed by atoms with Crippen LogP contribution in [0.5, 0.6) is 5.75 Å². The summed E-state index contributed by atoms with van der Waals surface area (Å²) in [4.78, 5) is 0. The van der Waals surface area contributed by atoms with Crippen LogP contribution >= 0.6 is 0 Å². The molecule has 0 aromatic heterocycles. The Hall–Kier alpha value is -1.02. The molecule has 0 heterocycles. The molecule has 0 amide bonds. The molecule has 102 valence electrons. The fourth-order valence-corrected chi connectivity index (χ4v) is 1.68. The third-order valence-corrected chi connectivity index (χ3v) is 2.91. The zero-order valence-corrected chi connectivity index (χ0v) is 12.3. The maximum atomic E-state index is 5.72. The highest BCUT2D eigenvalue weighted by Crippen LogP contribution is 2.17. The number of aryl methyl sites for hydroxylation is 1. The van der Waals surface area contributed by atoms with Gasteiger partial charge in [-0.25, -0.2) is 0 Å². The van der Waals surface area contributed by atoms with E-state index >= 15 is 0 Å². The summed E-state index contributed by atoms with van der Waals surface area (Å²) in [5.41, 5.74) is 1.73. The van der Waals surface area contributed by atoms with E-state index in [2.05, 4.69) is 51.2 Å². The summed E-state index contributed by atoms with van der Waals surface area (Å²) in [6.45, 7) is 11.7. The minimum Gasteiger partial charge on any atom is -0.492 e. The lowest BCUT2D eigenvalue weighted by Crippen LogP contribution is -2.25. The molecule has 1 aromatic rings. The van der Waals surface area contributed by atoms with E-state index in [0.717, 1.165) is 31.9 Å². The van der Waals surface area contributed by atoms with Crippen molar-refractivity contribution in [3.8, 4) is 5.75 Å². The van der Waals surface area contributed by atoms with Crippen LogP contribution < -0.4 is 10.1 Å². The number of nitrogens with one attached hydrogen (secondary N) is 1. The van der Waals surface area contributed by atoms with Gasteiger partial charge in [0.1, 0.15) is 12.4 Å². The van der Waals surface area contributed by atoms with Gasteiger partial charge >= 0.3 is 0 Å². The van der Waals surface area contributed by atoms with Gasteiger partial charge in [0.05, 0.1) is 0 Å². The maximum absolute atomic E-state index is 5.72. The first-order valence-corrected chi connectivity index (χ1v) is 6.94. The predicted molar refractivity (Wildman–Crippen MR) is 78.3 cm³/mol. The number of ether oxygens (including phenoxy) is 1. The van der Waals surface area contributed by atoms with Gasteiger partial charge in [-0.1, -0.05) is 39.8 Å². The molecular weight excluding hydrogens is 222 g/mol. The third-order valence-electron chi connectivity index (χ3n) is 2.91. The van der Waals surface area contributed by atoms with Gasteiger partial charge in [0.25, 0.3) is 0 Å². The highest BCUT2D eigenvalue weighted by molar-refractivity contribution is 5.28. The predicted octanol–water partition coefficient (Wildman–Crippen LogP) is 3.65. The van der Waals surface area contributed by atoms with Gasteiger partial charge < -0.3 is 10.1 Å². The molecule has 0 atom stereocenters. The van der Waals surface area contributed by atoms with Crippen molar-refractivity contribution in [2.75, 3.05) is 19.7 Å². The Morgan fingerprint density at radius 2 is 1.94 bits per heavy atom. The van der Waals surface area contributed by atoms with Crippen molar-refractivity contribution < 1.29 is 4.74 Å². The van der Waals surface area contributed by atoms with Gasteiger partial charge in [-0.05, 0) is 42.5 Å². The molecule has 0 spiro atoms. The van der Waals surface area contributed by atoms with Crippen molar-refractivity contribution in [3.05, 3.63) is 29.8 Å². The Bertz CT molecular complexity index is 341. The third kappa shape index (κ3) is 6.65. The average molecular weight is 249 g/mol. The van der Waals surface area contributed by atoms with E-state index in [0.29, 0.717) is 5.41 Å². The van der Waals surface area contributed by atoms with E-state index in [4.69, 9.17) is 4.74 Å². The zero-order chi connectivity index (χ0) is 13.4. The van der Waals surface area contributed by atoms with Crippen LogP contribution in [0.1, 0.15) is 39.7 Å². The zero-order valence-electron chi connectivity index (χ0n) is 12.3. The first kappa shape index (κ1) is 15.0. The summed E-state index contributed by atoms with van der Waals surface area (Å²) in [7, 11) is 0. The number of benzene rings is 1. The molecule has 2 nitrogen and oxygen atoms in total. The first-order chi connectivity index (χ1) is 8.51. The van der Waals surface area contributed by atoms with Crippen molar-refractivity contribution in [2.45, 2.75) is 40.5 Å². The molecule has 2 heteroatoms. The van der Waals surface area contributed by atoms with Gasteiger partial charge in [-0.2, -0.15) is 0 Å². The van der Waals surface area contributed by atoms with Gasteiger partial charge in [-0.15, -0.1) is 0 Å². The Balaban J connectivity index is 2.14. The van der Waals surface area contributed by atoms with Gasteiger partial charge in [0.2, 0.25) is 0 Å². The second kappa shape index (κ2) is 7.42. The molecule has 0 fully saturated rings. The lowest BCUT2D eigenvalue weighted by Gasteiger charge is -2.18. The monoisotopic (exact) mass is 249 g/mol. The topological polar surface area (TPSA) is 21.3 Å². The second-order valence-corrected chi connectivity index (χ2v) is 5.91. The fraction of sp³-hybridized carbons (Fsp3) is 0.625. The normalized spacial score (nSPS) is 11.6. The SMILES string of the molecule is CCc1cccc(OCCNCCC(C)(C)C)c1. The van der Waals surface area contributed by atoms with Crippen LogP contribution in [0.25, 0.3) is 0 Å². The molecule has 1 N–H and O–H groups in total. The number of hydrogen-bond donors (Lipinski definition) is 1. The summed E-state index contributed by atoms with van der Waals surface area (Å²) >= 11 is 0.